The van der Waals surface area contributed by atoms with E-state index in [-0.39, 0.29) is 0 Å². The number of hydroxylamine groups is 1. The molecule has 14 heavy (non-hydrogen) atoms. The van der Waals surface area contributed by atoms with Crippen molar-refractivity contribution >= 4 is 12.1 Å². The summed E-state index contributed by atoms with van der Waals surface area (Å²) in [7, 11) is 1.50. The molecule has 0 saturated heterocycles. The SMILES string of the molecule is CONC=CN(C=O)c1ccccc1. The molecule has 1 amide bonds. The van der Waals surface area contributed by atoms with Gasteiger partial charge in [-0.3, -0.25) is 20.0 Å². The number of amides is 1. The summed E-state index contributed by atoms with van der Waals surface area (Å²) in [6, 6.07) is 9.30. The van der Waals surface area contributed by atoms with Gasteiger partial charge in [0.1, 0.15) is 0 Å². The van der Waals surface area contributed by atoms with Crippen LogP contribution in [-0.2, 0) is 9.63 Å². The van der Waals surface area contributed by atoms with Gasteiger partial charge in [0.2, 0.25) is 6.41 Å². The first-order valence-corrected chi connectivity index (χ1v) is 4.12. The Morgan fingerprint density at radius 2 is 2.07 bits per heavy atom. The summed E-state index contributed by atoms with van der Waals surface area (Å²) in [4.78, 5) is 16.7. The van der Waals surface area contributed by atoms with E-state index in [0.717, 1.165) is 12.1 Å². The van der Waals surface area contributed by atoms with Gasteiger partial charge in [-0.2, -0.15) is 0 Å². The predicted octanol–water partition coefficient (Wildman–Crippen LogP) is 1.27. The molecule has 0 spiro atoms. The second-order valence-electron chi connectivity index (χ2n) is 2.49. The number of para-hydroxylation sites is 1. The van der Waals surface area contributed by atoms with Gasteiger partial charge in [-0.15, -0.1) is 0 Å². The molecule has 0 aliphatic carbocycles. The summed E-state index contributed by atoms with van der Waals surface area (Å²) in [6.07, 6.45) is 3.83. The fourth-order valence-corrected chi connectivity index (χ4v) is 0.961. The van der Waals surface area contributed by atoms with Crippen LogP contribution in [0, 0.1) is 0 Å². The lowest BCUT2D eigenvalue weighted by atomic mass is 10.3. The van der Waals surface area contributed by atoms with Crippen molar-refractivity contribution in [2.45, 2.75) is 0 Å². The largest absolute Gasteiger partial charge is 0.289 e. The van der Waals surface area contributed by atoms with Crippen LogP contribution in [0.25, 0.3) is 0 Å². The zero-order valence-corrected chi connectivity index (χ0v) is 7.88. The van der Waals surface area contributed by atoms with Crippen LogP contribution in [0.5, 0.6) is 0 Å². The number of hydrogen-bond donors (Lipinski definition) is 1. The van der Waals surface area contributed by atoms with Crippen molar-refractivity contribution < 1.29 is 9.63 Å². The standard InChI is InChI=1S/C10H12N2O2/c1-14-11-7-8-12(9-13)10-5-3-2-4-6-10/h2-9,11H,1H3. The molecule has 0 aliphatic heterocycles. The average molecular weight is 192 g/mol. The lowest BCUT2D eigenvalue weighted by molar-refractivity contribution is -0.106. The summed E-state index contributed by atoms with van der Waals surface area (Å²) in [5, 5.41) is 0. The average Bonchev–Trinajstić information content (AvgIpc) is 2.26. The summed E-state index contributed by atoms with van der Waals surface area (Å²) >= 11 is 0. The molecule has 74 valence electrons. The molecule has 0 atom stereocenters. The van der Waals surface area contributed by atoms with Crippen LogP contribution >= 0.6 is 0 Å². The van der Waals surface area contributed by atoms with Crippen LogP contribution < -0.4 is 10.4 Å². The summed E-state index contributed by atoms with van der Waals surface area (Å²) < 4.78 is 0. The monoisotopic (exact) mass is 192 g/mol. The Bertz CT molecular complexity index is 298. The molecule has 0 aliphatic rings. The van der Waals surface area contributed by atoms with Crippen molar-refractivity contribution in [1.82, 2.24) is 5.48 Å². The van der Waals surface area contributed by atoms with Gasteiger partial charge in [-0.1, -0.05) is 18.2 Å². The van der Waals surface area contributed by atoms with Crippen molar-refractivity contribution in [2.24, 2.45) is 0 Å². The van der Waals surface area contributed by atoms with Gasteiger partial charge in [-0.25, -0.2) is 0 Å². The fourth-order valence-electron chi connectivity index (χ4n) is 0.961. The zero-order valence-electron chi connectivity index (χ0n) is 7.88. The number of hydrogen-bond acceptors (Lipinski definition) is 3. The lowest BCUT2D eigenvalue weighted by Gasteiger charge is -2.11. The highest BCUT2D eigenvalue weighted by atomic mass is 16.6. The topological polar surface area (TPSA) is 41.6 Å². The van der Waals surface area contributed by atoms with Crippen LogP contribution in [0.15, 0.2) is 42.7 Å². The highest BCUT2D eigenvalue weighted by molar-refractivity contribution is 5.77. The fraction of sp³-hybridized carbons (Fsp3) is 0.100. The highest BCUT2D eigenvalue weighted by Gasteiger charge is 1.97. The van der Waals surface area contributed by atoms with Crippen molar-refractivity contribution in [1.29, 1.82) is 0 Å². The molecular formula is C10H12N2O2. The van der Waals surface area contributed by atoms with E-state index in [1.807, 2.05) is 30.3 Å². The number of nitrogens with zero attached hydrogens (tertiary/aromatic N) is 1. The second kappa shape index (κ2) is 5.77. The van der Waals surface area contributed by atoms with Crippen LogP contribution in [-0.4, -0.2) is 13.5 Å². The molecule has 0 bridgehead atoms. The van der Waals surface area contributed by atoms with Crippen molar-refractivity contribution in [2.75, 3.05) is 12.0 Å². The van der Waals surface area contributed by atoms with E-state index in [4.69, 9.17) is 0 Å². The molecule has 4 heteroatoms. The summed E-state index contributed by atoms with van der Waals surface area (Å²) in [5.74, 6) is 0. The van der Waals surface area contributed by atoms with Crippen LogP contribution in [0.3, 0.4) is 0 Å². The second-order valence-corrected chi connectivity index (χ2v) is 2.49. The number of nitrogens with one attached hydrogen (secondary N) is 1. The molecule has 0 radical (unpaired) electrons. The van der Waals surface area contributed by atoms with E-state index in [9.17, 15) is 4.79 Å². The smallest absolute Gasteiger partial charge is 0.218 e. The van der Waals surface area contributed by atoms with Gasteiger partial charge in [0, 0.05) is 18.1 Å². The van der Waals surface area contributed by atoms with E-state index < -0.39 is 0 Å². The number of carbonyl (C=O) groups is 1. The molecule has 0 heterocycles. The van der Waals surface area contributed by atoms with Gasteiger partial charge >= 0.3 is 0 Å². The van der Waals surface area contributed by atoms with Gasteiger partial charge in [-0.05, 0) is 12.1 Å². The maximum absolute atomic E-state index is 10.7. The Balaban J connectivity index is 2.68. The molecule has 0 saturated carbocycles. The van der Waals surface area contributed by atoms with Crippen molar-refractivity contribution in [3.8, 4) is 0 Å². The van der Waals surface area contributed by atoms with Crippen LogP contribution in [0.4, 0.5) is 5.69 Å². The third kappa shape index (κ3) is 2.91. The minimum atomic E-state index is 0.725. The summed E-state index contributed by atoms with van der Waals surface area (Å²) in [6.45, 7) is 0. The Morgan fingerprint density at radius 1 is 1.36 bits per heavy atom. The first-order valence-electron chi connectivity index (χ1n) is 4.12. The van der Waals surface area contributed by atoms with E-state index in [1.165, 1.54) is 18.2 Å². The molecule has 1 N–H and O–H groups in total. The van der Waals surface area contributed by atoms with Gasteiger partial charge in [0.15, 0.2) is 0 Å². The molecule has 1 aromatic rings. The normalized spacial score (nSPS) is 10.1. The molecule has 1 aromatic carbocycles. The van der Waals surface area contributed by atoms with Gasteiger partial charge in [0.25, 0.3) is 0 Å². The molecule has 0 aromatic heterocycles. The molecule has 0 fully saturated rings. The Hall–Kier alpha value is -1.81. The van der Waals surface area contributed by atoms with E-state index in [0.29, 0.717) is 0 Å². The number of carbonyl (C=O) groups excluding carboxylic acids is 1. The molecule has 0 unspecified atom stereocenters. The van der Waals surface area contributed by atoms with Crippen molar-refractivity contribution in [3.05, 3.63) is 42.7 Å². The first kappa shape index (κ1) is 10.3. The Morgan fingerprint density at radius 3 is 2.64 bits per heavy atom. The third-order valence-corrected chi connectivity index (χ3v) is 1.59. The third-order valence-electron chi connectivity index (χ3n) is 1.59. The number of benzene rings is 1. The quantitative estimate of drug-likeness (QED) is 0.564. The zero-order chi connectivity index (χ0) is 10.2. The minimum Gasteiger partial charge on any atom is -0.289 e. The van der Waals surface area contributed by atoms with Gasteiger partial charge in [0.05, 0.1) is 7.11 Å². The number of anilines is 1. The molecule has 4 nitrogen and oxygen atoms in total. The van der Waals surface area contributed by atoms with Gasteiger partial charge < -0.3 is 0 Å². The predicted molar refractivity (Wildman–Crippen MR) is 54.3 cm³/mol. The number of rotatable bonds is 5. The molecule has 1 rings (SSSR count). The van der Waals surface area contributed by atoms with Crippen molar-refractivity contribution in [3.63, 3.8) is 0 Å². The van der Waals surface area contributed by atoms with E-state index >= 15 is 0 Å². The van der Waals surface area contributed by atoms with Crippen LogP contribution in [0.2, 0.25) is 0 Å². The lowest BCUT2D eigenvalue weighted by Crippen LogP contribution is -2.14. The maximum Gasteiger partial charge on any atom is 0.218 e. The first-order chi connectivity index (χ1) is 6.88. The van der Waals surface area contributed by atoms with E-state index in [1.54, 1.807) is 6.20 Å². The minimum absolute atomic E-state index is 0.725. The maximum atomic E-state index is 10.7. The Kier molecular flexibility index (Phi) is 4.23. The van der Waals surface area contributed by atoms with E-state index in [2.05, 4.69) is 10.3 Å². The Labute approximate surface area is 82.7 Å². The summed E-state index contributed by atoms with van der Waals surface area (Å²) in [5.41, 5.74) is 3.30. The van der Waals surface area contributed by atoms with Crippen LogP contribution in [0.1, 0.15) is 0 Å². The highest BCUT2D eigenvalue weighted by Crippen LogP contribution is 2.10. The molecular weight excluding hydrogens is 180 g/mol.